The summed E-state index contributed by atoms with van der Waals surface area (Å²) in [7, 11) is -1.87. The van der Waals surface area contributed by atoms with Crippen molar-refractivity contribution in [2.45, 2.75) is 39.9 Å². The Kier molecular flexibility index (Phi) is 10.3. The van der Waals surface area contributed by atoms with Crippen molar-refractivity contribution in [1.82, 2.24) is 0 Å². The van der Waals surface area contributed by atoms with E-state index in [0.717, 1.165) is 22.6 Å². The highest BCUT2D eigenvalue weighted by atomic mass is 31.1. The fourth-order valence-electron chi connectivity index (χ4n) is 5.78. The van der Waals surface area contributed by atoms with Crippen LogP contribution < -0.4 is 41.3 Å². The summed E-state index contributed by atoms with van der Waals surface area (Å²) < 4.78 is 13.5. The normalized spacial score (nSPS) is 11.4. The second-order valence-electron chi connectivity index (χ2n) is 11.6. The molecule has 0 unspecified atom stereocenters. The molecule has 0 fully saturated rings. The molecule has 46 heavy (non-hydrogen) atoms. The van der Waals surface area contributed by atoms with E-state index in [9.17, 15) is 0 Å². The molecular formula is C42H40O2P2. The minimum atomic E-state index is -0.933. The number of rotatable bonds is 11. The molecule has 6 rings (SSSR count). The molecule has 0 spiro atoms. The molecular weight excluding hydrogens is 598 g/mol. The van der Waals surface area contributed by atoms with Gasteiger partial charge in [0, 0.05) is 11.1 Å². The summed E-state index contributed by atoms with van der Waals surface area (Å²) in [4.78, 5) is 0. The molecule has 0 N–H and O–H groups in total. The molecule has 230 valence electrons. The predicted octanol–water partition coefficient (Wildman–Crippen LogP) is 8.44. The summed E-state index contributed by atoms with van der Waals surface area (Å²) in [6, 6.07) is 56.8. The topological polar surface area (TPSA) is 18.5 Å². The lowest BCUT2D eigenvalue weighted by Gasteiger charge is -2.29. The van der Waals surface area contributed by atoms with Gasteiger partial charge in [0.1, 0.15) is 11.5 Å². The van der Waals surface area contributed by atoms with Crippen molar-refractivity contribution in [3.8, 4) is 22.6 Å². The van der Waals surface area contributed by atoms with E-state index in [1.54, 1.807) is 0 Å². The summed E-state index contributed by atoms with van der Waals surface area (Å²) in [5, 5.41) is 7.69. The largest absolute Gasteiger partial charge is 0.490 e. The van der Waals surface area contributed by atoms with Gasteiger partial charge < -0.3 is 9.47 Å². The number of ether oxygens (including phenoxy) is 2. The van der Waals surface area contributed by atoms with Gasteiger partial charge in [0.15, 0.2) is 0 Å². The van der Waals surface area contributed by atoms with Crippen LogP contribution in [0.2, 0.25) is 0 Å². The molecule has 0 heterocycles. The van der Waals surface area contributed by atoms with Crippen LogP contribution in [0.25, 0.3) is 11.1 Å². The Morgan fingerprint density at radius 1 is 0.348 bits per heavy atom. The fraction of sp³-hybridized carbons (Fsp3) is 0.143. The van der Waals surface area contributed by atoms with Gasteiger partial charge >= 0.3 is 0 Å². The molecule has 0 aliphatic rings. The Morgan fingerprint density at radius 3 is 0.891 bits per heavy atom. The molecule has 2 nitrogen and oxygen atoms in total. The first-order valence-electron chi connectivity index (χ1n) is 15.9. The van der Waals surface area contributed by atoms with Gasteiger partial charge in [-0.2, -0.15) is 0 Å². The maximum atomic E-state index is 6.73. The lowest BCUT2D eigenvalue weighted by atomic mass is 10.0. The molecule has 0 saturated carbocycles. The van der Waals surface area contributed by atoms with Crippen LogP contribution in [0.1, 0.15) is 27.7 Å². The van der Waals surface area contributed by atoms with Crippen LogP contribution in [-0.4, -0.2) is 12.2 Å². The van der Waals surface area contributed by atoms with Gasteiger partial charge in [0.25, 0.3) is 0 Å². The Morgan fingerprint density at radius 2 is 0.630 bits per heavy atom. The second-order valence-corrected chi connectivity index (χ2v) is 16.0. The molecule has 6 aromatic rings. The van der Waals surface area contributed by atoms with Gasteiger partial charge in [0.05, 0.1) is 12.2 Å². The Balaban J connectivity index is 1.73. The Hall–Kier alpha value is -4.22. The molecule has 6 aromatic carbocycles. The maximum Gasteiger partial charge on any atom is 0.128 e. The van der Waals surface area contributed by atoms with Crippen molar-refractivity contribution in [3.63, 3.8) is 0 Å². The van der Waals surface area contributed by atoms with Gasteiger partial charge in [-0.1, -0.05) is 146 Å². The van der Waals surface area contributed by atoms with Crippen LogP contribution in [0.3, 0.4) is 0 Å². The zero-order valence-electron chi connectivity index (χ0n) is 26.9. The third-order valence-electron chi connectivity index (χ3n) is 7.52. The Labute approximate surface area is 276 Å². The van der Waals surface area contributed by atoms with Crippen LogP contribution in [-0.2, 0) is 0 Å². The molecule has 0 radical (unpaired) electrons. The summed E-state index contributed by atoms with van der Waals surface area (Å²) in [5.74, 6) is 1.76. The molecule has 0 amide bonds. The SMILES string of the molecule is CC(C)Oc1cccc(P(c2ccccc2)c2ccccc2)c1-c1c(OC(C)C)cccc1P(c1ccccc1)c1ccccc1. The molecule has 0 aliphatic carbocycles. The average molecular weight is 639 g/mol. The van der Waals surface area contributed by atoms with Gasteiger partial charge in [-0.15, -0.1) is 0 Å². The molecule has 0 saturated heterocycles. The zero-order valence-corrected chi connectivity index (χ0v) is 28.7. The van der Waals surface area contributed by atoms with Crippen LogP contribution >= 0.6 is 15.8 Å². The van der Waals surface area contributed by atoms with Crippen LogP contribution in [0.15, 0.2) is 158 Å². The van der Waals surface area contributed by atoms with Crippen molar-refractivity contribution in [2.24, 2.45) is 0 Å². The lowest BCUT2D eigenvalue weighted by molar-refractivity contribution is 0.240. The first-order valence-corrected chi connectivity index (χ1v) is 18.6. The van der Waals surface area contributed by atoms with E-state index in [4.69, 9.17) is 9.47 Å². The van der Waals surface area contributed by atoms with E-state index in [-0.39, 0.29) is 12.2 Å². The highest BCUT2D eigenvalue weighted by Gasteiger charge is 2.30. The average Bonchev–Trinajstić information content (AvgIpc) is 3.07. The number of benzene rings is 6. The van der Waals surface area contributed by atoms with Gasteiger partial charge in [-0.25, -0.2) is 0 Å². The zero-order chi connectivity index (χ0) is 31.9. The molecule has 0 atom stereocenters. The van der Waals surface area contributed by atoms with Gasteiger partial charge in [-0.3, -0.25) is 0 Å². The first kappa shape index (κ1) is 31.7. The van der Waals surface area contributed by atoms with E-state index in [0.29, 0.717) is 0 Å². The Bertz CT molecular complexity index is 1620. The van der Waals surface area contributed by atoms with Crippen LogP contribution in [0, 0.1) is 0 Å². The minimum absolute atomic E-state index is 0.0000608. The van der Waals surface area contributed by atoms with E-state index >= 15 is 0 Å². The molecule has 0 aliphatic heterocycles. The monoisotopic (exact) mass is 638 g/mol. The van der Waals surface area contributed by atoms with E-state index in [1.165, 1.54) is 31.8 Å². The highest BCUT2D eigenvalue weighted by molar-refractivity contribution is 7.80. The molecule has 0 bridgehead atoms. The smallest absolute Gasteiger partial charge is 0.128 e. The first-order chi connectivity index (χ1) is 22.5. The van der Waals surface area contributed by atoms with Crippen molar-refractivity contribution in [2.75, 3.05) is 0 Å². The van der Waals surface area contributed by atoms with Crippen molar-refractivity contribution in [3.05, 3.63) is 158 Å². The minimum Gasteiger partial charge on any atom is -0.490 e. The summed E-state index contributed by atoms with van der Waals surface area (Å²) in [6.07, 6.45) is 0.000122. The van der Waals surface area contributed by atoms with E-state index in [2.05, 4.69) is 185 Å². The maximum absolute atomic E-state index is 6.73. The number of hydrogen-bond acceptors (Lipinski definition) is 2. The molecule has 4 heteroatoms. The van der Waals surface area contributed by atoms with E-state index in [1.807, 2.05) is 0 Å². The summed E-state index contributed by atoms with van der Waals surface area (Å²) in [6.45, 7) is 8.41. The van der Waals surface area contributed by atoms with Crippen molar-refractivity contribution in [1.29, 1.82) is 0 Å². The fourth-order valence-corrected chi connectivity index (χ4v) is 10.7. The number of hydrogen-bond donors (Lipinski definition) is 0. The van der Waals surface area contributed by atoms with Gasteiger partial charge in [0.2, 0.25) is 0 Å². The van der Waals surface area contributed by atoms with Crippen LogP contribution in [0.4, 0.5) is 0 Å². The molecule has 0 aromatic heterocycles. The predicted molar refractivity (Wildman–Crippen MR) is 201 cm³/mol. The van der Waals surface area contributed by atoms with Gasteiger partial charge in [-0.05, 0) is 87.5 Å². The standard InChI is InChI=1S/C42H40O2P2/c1-31(2)43-37-27-17-29-39(45(33-19-9-5-10-20-33)34-21-11-6-12-22-34)41(37)42-38(44-32(3)4)28-18-30-40(42)46(35-23-13-7-14-24-35)36-25-15-8-16-26-36/h5-32H,1-4H3. The van der Waals surface area contributed by atoms with Crippen LogP contribution in [0.5, 0.6) is 11.5 Å². The highest BCUT2D eigenvalue weighted by Crippen LogP contribution is 2.47. The quantitative estimate of drug-likeness (QED) is 0.133. The van der Waals surface area contributed by atoms with Crippen molar-refractivity contribution >= 4 is 47.7 Å². The third kappa shape index (κ3) is 7.10. The lowest BCUT2D eigenvalue weighted by Crippen LogP contribution is -2.27. The third-order valence-corrected chi connectivity index (χ3v) is 12.5. The summed E-state index contributed by atoms with van der Waals surface area (Å²) >= 11 is 0. The van der Waals surface area contributed by atoms with Crippen molar-refractivity contribution < 1.29 is 9.47 Å². The second kappa shape index (κ2) is 14.9. The summed E-state index contributed by atoms with van der Waals surface area (Å²) in [5.41, 5.74) is 2.22. The van der Waals surface area contributed by atoms with E-state index < -0.39 is 15.8 Å².